The number of aryl methyl sites for hydroxylation is 1. The quantitative estimate of drug-likeness (QED) is 0.293. The highest BCUT2D eigenvalue weighted by atomic mass is 16.5. The van der Waals surface area contributed by atoms with Gasteiger partial charge in [0, 0.05) is 41.8 Å². The third-order valence-corrected chi connectivity index (χ3v) is 7.26. The number of esters is 1. The molecule has 37 heavy (non-hydrogen) atoms. The molecule has 0 unspecified atom stereocenters. The molecule has 0 amide bonds. The number of pyridine rings is 2. The second-order valence-electron chi connectivity index (χ2n) is 9.52. The SMILES string of the molecule is CCOC(=O)C1CCN(c2ccc(-n3nc(-c4cccc5cnccc45)c4cccc(C)c43)cn2)CC1. The molecule has 1 aliphatic heterocycles. The first kappa shape index (κ1) is 23.2. The third kappa shape index (κ3) is 4.20. The van der Waals surface area contributed by atoms with E-state index in [9.17, 15) is 4.79 Å². The van der Waals surface area contributed by atoms with E-state index in [1.165, 1.54) is 0 Å². The summed E-state index contributed by atoms with van der Waals surface area (Å²) in [5.74, 6) is 0.822. The Balaban J connectivity index is 1.34. The Morgan fingerprint density at radius 2 is 1.84 bits per heavy atom. The normalized spacial score (nSPS) is 14.4. The summed E-state index contributed by atoms with van der Waals surface area (Å²) < 4.78 is 7.21. The maximum atomic E-state index is 12.1. The summed E-state index contributed by atoms with van der Waals surface area (Å²) in [4.78, 5) is 23.4. The van der Waals surface area contributed by atoms with Gasteiger partial charge >= 0.3 is 5.97 Å². The molecule has 0 bridgehead atoms. The molecule has 5 aromatic rings. The van der Waals surface area contributed by atoms with Crippen LogP contribution in [0.25, 0.3) is 38.6 Å². The third-order valence-electron chi connectivity index (χ3n) is 7.26. The van der Waals surface area contributed by atoms with E-state index in [2.05, 4.69) is 65.3 Å². The maximum Gasteiger partial charge on any atom is 0.309 e. The number of aromatic nitrogens is 4. The molecule has 7 heteroatoms. The first-order chi connectivity index (χ1) is 18.1. The van der Waals surface area contributed by atoms with Crippen LogP contribution in [0.1, 0.15) is 25.3 Å². The fraction of sp³-hybridized carbons (Fsp3) is 0.267. The van der Waals surface area contributed by atoms with Crippen molar-refractivity contribution in [3.8, 4) is 16.9 Å². The number of rotatable bonds is 5. The molecule has 0 aliphatic carbocycles. The first-order valence-corrected chi connectivity index (χ1v) is 12.8. The number of anilines is 1. The van der Waals surface area contributed by atoms with E-state index < -0.39 is 0 Å². The van der Waals surface area contributed by atoms with Crippen LogP contribution in [0.2, 0.25) is 0 Å². The number of ether oxygens (including phenoxy) is 1. The highest BCUT2D eigenvalue weighted by Gasteiger charge is 2.26. The monoisotopic (exact) mass is 491 g/mol. The Labute approximate surface area is 215 Å². The van der Waals surface area contributed by atoms with Gasteiger partial charge in [0.25, 0.3) is 0 Å². The van der Waals surface area contributed by atoms with E-state index in [-0.39, 0.29) is 11.9 Å². The van der Waals surface area contributed by atoms with Crippen molar-refractivity contribution in [2.45, 2.75) is 26.7 Å². The summed E-state index contributed by atoms with van der Waals surface area (Å²) in [5.41, 5.74) is 5.18. The summed E-state index contributed by atoms with van der Waals surface area (Å²) >= 11 is 0. The van der Waals surface area contributed by atoms with Gasteiger partial charge in [-0.3, -0.25) is 9.78 Å². The Kier molecular flexibility index (Phi) is 6.04. The number of piperidine rings is 1. The average molecular weight is 492 g/mol. The zero-order chi connectivity index (χ0) is 25.4. The van der Waals surface area contributed by atoms with Crippen LogP contribution >= 0.6 is 0 Å². The summed E-state index contributed by atoms with van der Waals surface area (Å²) in [6.07, 6.45) is 7.18. The van der Waals surface area contributed by atoms with Crippen LogP contribution in [-0.2, 0) is 9.53 Å². The summed E-state index contributed by atoms with van der Waals surface area (Å²) in [7, 11) is 0. The smallest absolute Gasteiger partial charge is 0.309 e. The largest absolute Gasteiger partial charge is 0.466 e. The zero-order valence-electron chi connectivity index (χ0n) is 21.1. The molecule has 6 rings (SSSR count). The predicted octanol–water partition coefficient (Wildman–Crippen LogP) is 5.72. The van der Waals surface area contributed by atoms with Crippen molar-refractivity contribution < 1.29 is 9.53 Å². The van der Waals surface area contributed by atoms with Crippen molar-refractivity contribution in [3.05, 3.63) is 78.8 Å². The molecule has 2 aromatic carbocycles. The lowest BCUT2D eigenvalue weighted by Crippen LogP contribution is -2.37. The van der Waals surface area contributed by atoms with Crippen LogP contribution < -0.4 is 4.90 Å². The van der Waals surface area contributed by atoms with Crippen molar-refractivity contribution in [2.75, 3.05) is 24.6 Å². The van der Waals surface area contributed by atoms with E-state index in [1.807, 2.05) is 36.3 Å². The van der Waals surface area contributed by atoms with Crippen LogP contribution in [0.4, 0.5) is 5.82 Å². The number of carbonyl (C=O) groups excluding carboxylic acids is 1. The Hall–Kier alpha value is -4.26. The molecule has 1 fully saturated rings. The van der Waals surface area contributed by atoms with Gasteiger partial charge in [0.05, 0.1) is 29.9 Å². The number of hydrogen-bond acceptors (Lipinski definition) is 6. The van der Waals surface area contributed by atoms with Gasteiger partial charge in [-0.05, 0) is 55.8 Å². The second kappa shape index (κ2) is 9.65. The molecular weight excluding hydrogens is 462 g/mol. The van der Waals surface area contributed by atoms with Crippen LogP contribution in [0.5, 0.6) is 0 Å². The molecule has 0 spiro atoms. The van der Waals surface area contributed by atoms with Gasteiger partial charge in [-0.25, -0.2) is 9.67 Å². The minimum absolute atomic E-state index is 0.0165. The number of fused-ring (bicyclic) bond motifs is 2. The van der Waals surface area contributed by atoms with Gasteiger partial charge in [-0.15, -0.1) is 0 Å². The molecule has 7 nitrogen and oxygen atoms in total. The number of nitrogens with zero attached hydrogens (tertiary/aromatic N) is 5. The Morgan fingerprint density at radius 3 is 2.62 bits per heavy atom. The summed E-state index contributed by atoms with van der Waals surface area (Å²) in [5, 5.41) is 8.45. The lowest BCUT2D eigenvalue weighted by molar-refractivity contribution is -0.148. The van der Waals surface area contributed by atoms with Crippen molar-refractivity contribution in [3.63, 3.8) is 0 Å². The number of para-hydroxylation sites is 1. The zero-order valence-corrected chi connectivity index (χ0v) is 21.1. The van der Waals surface area contributed by atoms with Gasteiger partial charge in [0.1, 0.15) is 11.5 Å². The minimum Gasteiger partial charge on any atom is -0.466 e. The highest BCUT2D eigenvalue weighted by molar-refractivity contribution is 6.04. The van der Waals surface area contributed by atoms with E-state index in [1.54, 1.807) is 0 Å². The van der Waals surface area contributed by atoms with Gasteiger partial charge in [0.15, 0.2) is 0 Å². The lowest BCUT2D eigenvalue weighted by Gasteiger charge is -2.31. The van der Waals surface area contributed by atoms with E-state index in [0.717, 1.165) is 75.9 Å². The molecule has 186 valence electrons. The fourth-order valence-corrected chi connectivity index (χ4v) is 5.34. The summed E-state index contributed by atoms with van der Waals surface area (Å²) in [6.45, 7) is 5.99. The minimum atomic E-state index is -0.0790. The molecule has 0 N–H and O–H groups in total. The molecule has 0 atom stereocenters. The van der Waals surface area contributed by atoms with Crippen molar-refractivity contribution >= 4 is 33.5 Å². The number of benzene rings is 2. The Morgan fingerprint density at radius 1 is 1.00 bits per heavy atom. The number of carbonyl (C=O) groups is 1. The standard InChI is InChI=1S/C30H29N5O2/c1-3-37-30(36)21-13-16-34(17-14-21)27-11-10-23(19-32-27)35-29-20(2)6-4-9-26(29)28(33-35)25-8-5-7-22-18-31-15-12-24(22)25/h4-12,15,18-19,21H,3,13-14,16-17H2,1-2H3. The molecule has 1 aliphatic rings. The van der Waals surface area contributed by atoms with Gasteiger partial charge in [-0.1, -0.05) is 36.4 Å². The van der Waals surface area contributed by atoms with Gasteiger partial charge < -0.3 is 9.64 Å². The van der Waals surface area contributed by atoms with Crippen molar-refractivity contribution in [2.24, 2.45) is 5.92 Å². The fourth-order valence-electron chi connectivity index (χ4n) is 5.34. The molecular formula is C30H29N5O2. The van der Waals surface area contributed by atoms with Crippen LogP contribution in [0.15, 0.2) is 73.2 Å². The van der Waals surface area contributed by atoms with E-state index in [0.29, 0.717) is 6.61 Å². The van der Waals surface area contributed by atoms with Crippen LogP contribution in [-0.4, -0.2) is 45.4 Å². The molecule has 0 radical (unpaired) electrons. The molecule has 1 saturated heterocycles. The molecule has 0 saturated carbocycles. The van der Waals surface area contributed by atoms with Gasteiger partial charge in [0.2, 0.25) is 0 Å². The highest BCUT2D eigenvalue weighted by Crippen LogP contribution is 2.35. The lowest BCUT2D eigenvalue weighted by atomic mass is 9.97. The Bertz CT molecular complexity index is 1580. The van der Waals surface area contributed by atoms with E-state index >= 15 is 0 Å². The van der Waals surface area contributed by atoms with E-state index in [4.69, 9.17) is 14.8 Å². The number of hydrogen-bond donors (Lipinski definition) is 0. The van der Waals surface area contributed by atoms with Crippen LogP contribution in [0, 0.1) is 12.8 Å². The molecule has 3 aromatic heterocycles. The first-order valence-electron chi connectivity index (χ1n) is 12.8. The second-order valence-corrected chi connectivity index (χ2v) is 9.52. The maximum absolute atomic E-state index is 12.1. The van der Waals surface area contributed by atoms with Crippen molar-refractivity contribution in [1.82, 2.24) is 19.7 Å². The topological polar surface area (TPSA) is 73.1 Å². The predicted molar refractivity (Wildman–Crippen MR) is 146 cm³/mol. The average Bonchev–Trinajstić information content (AvgIpc) is 3.34. The van der Waals surface area contributed by atoms with Crippen molar-refractivity contribution in [1.29, 1.82) is 0 Å². The van der Waals surface area contributed by atoms with Crippen LogP contribution in [0.3, 0.4) is 0 Å². The van der Waals surface area contributed by atoms with Gasteiger partial charge in [-0.2, -0.15) is 5.10 Å². The molecule has 4 heterocycles. The summed E-state index contributed by atoms with van der Waals surface area (Å²) in [6, 6.07) is 18.8.